The summed E-state index contributed by atoms with van der Waals surface area (Å²) in [5.74, 6) is 2.32. The van der Waals surface area contributed by atoms with Gasteiger partial charge in [0.1, 0.15) is 5.82 Å². The van der Waals surface area contributed by atoms with Crippen molar-refractivity contribution in [2.45, 2.75) is 26.7 Å². The molecule has 2 heterocycles. The number of fused-ring (bicyclic) bond motifs is 1. The molecule has 0 spiro atoms. The van der Waals surface area contributed by atoms with E-state index in [0.717, 1.165) is 49.2 Å². The molecule has 112 valence electrons. The number of nitrogens with zero attached hydrogens (tertiary/aromatic N) is 2. The Morgan fingerprint density at radius 2 is 1.95 bits per heavy atom. The van der Waals surface area contributed by atoms with Crippen LogP contribution in [-0.4, -0.2) is 34.5 Å². The number of aromatic nitrogens is 2. The second kappa shape index (κ2) is 5.98. The molecule has 21 heavy (non-hydrogen) atoms. The number of hydrogen-bond acceptors (Lipinski definition) is 3. The lowest BCUT2D eigenvalue weighted by atomic mass is 9.92. The number of H-pyrrole nitrogens is 1. The van der Waals surface area contributed by atoms with Gasteiger partial charge < -0.3 is 9.88 Å². The van der Waals surface area contributed by atoms with Gasteiger partial charge in [0, 0.05) is 26.1 Å². The van der Waals surface area contributed by atoms with E-state index in [4.69, 9.17) is 0 Å². The van der Waals surface area contributed by atoms with Gasteiger partial charge in [0.15, 0.2) is 0 Å². The van der Waals surface area contributed by atoms with Crippen molar-refractivity contribution in [3.8, 4) is 0 Å². The molecule has 1 aromatic carbocycles. The number of benzene rings is 1. The van der Waals surface area contributed by atoms with Gasteiger partial charge in [0.2, 0.25) is 0 Å². The molecule has 1 aliphatic heterocycles. The Labute approximate surface area is 125 Å². The van der Waals surface area contributed by atoms with Crippen LogP contribution in [0.4, 0.5) is 0 Å². The van der Waals surface area contributed by atoms with E-state index in [-0.39, 0.29) is 5.56 Å². The molecule has 2 atom stereocenters. The predicted molar refractivity (Wildman–Crippen MR) is 85.5 cm³/mol. The Morgan fingerprint density at radius 1 is 1.24 bits per heavy atom. The molecule has 1 saturated heterocycles. The molecule has 1 N–H and O–H groups in total. The van der Waals surface area contributed by atoms with Crippen molar-refractivity contribution >= 4 is 10.9 Å². The Bertz CT molecular complexity index is 669. The highest BCUT2D eigenvalue weighted by Gasteiger charge is 2.21. The molecule has 0 amide bonds. The van der Waals surface area contributed by atoms with Crippen molar-refractivity contribution < 1.29 is 0 Å². The fraction of sp³-hybridized carbons (Fsp3) is 0.529. The summed E-state index contributed by atoms with van der Waals surface area (Å²) in [6.07, 6.45) is 2.13. The molecule has 2 aromatic rings. The van der Waals surface area contributed by atoms with E-state index in [1.54, 1.807) is 0 Å². The van der Waals surface area contributed by atoms with Crippen LogP contribution in [0, 0.1) is 11.8 Å². The number of nitrogens with one attached hydrogen (secondary N) is 1. The normalized spacial score (nSPS) is 23.5. The molecule has 1 aromatic heterocycles. The molecule has 0 saturated carbocycles. The Kier molecular flexibility index (Phi) is 4.06. The monoisotopic (exact) mass is 285 g/mol. The van der Waals surface area contributed by atoms with E-state index in [0.29, 0.717) is 5.39 Å². The third kappa shape index (κ3) is 3.32. The second-order valence-corrected chi connectivity index (χ2v) is 6.49. The second-order valence-electron chi connectivity index (χ2n) is 6.49. The van der Waals surface area contributed by atoms with Gasteiger partial charge in [-0.15, -0.1) is 0 Å². The molecule has 1 fully saturated rings. The highest BCUT2D eigenvalue weighted by atomic mass is 16.1. The zero-order chi connectivity index (χ0) is 14.8. The topological polar surface area (TPSA) is 49.0 Å². The zero-order valence-corrected chi connectivity index (χ0v) is 12.8. The fourth-order valence-corrected chi connectivity index (χ4v) is 3.49. The summed E-state index contributed by atoms with van der Waals surface area (Å²) in [5, 5.41) is 0.668. The quantitative estimate of drug-likeness (QED) is 0.942. The highest BCUT2D eigenvalue weighted by Crippen LogP contribution is 2.20. The first kappa shape index (κ1) is 14.3. The van der Waals surface area contributed by atoms with Gasteiger partial charge >= 0.3 is 0 Å². The third-order valence-electron chi connectivity index (χ3n) is 4.27. The van der Waals surface area contributed by atoms with Crippen LogP contribution in [0.5, 0.6) is 0 Å². The lowest BCUT2D eigenvalue weighted by molar-refractivity contribution is 0.142. The van der Waals surface area contributed by atoms with E-state index in [1.165, 1.54) is 6.42 Å². The van der Waals surface area contributed by atoms with Crippen molar-refractivity contribution in [2.24, 2.45) is 11.8 Å². The van der Waals surface area contributed by atoms with E-state index >= 15 is 0 Å². The van der Waals surface area contributed by atoms with Crippen LogP contribution in [0.15, 0.2) is 29.1 Å². The number of para-hydroxylation sites is 1. The smallest absolute Gasteiger partial charge is 0.258 e. The summed E-state index contributed by atoms with van der Waals surface area (Å²) in [5.41, 5.74) is 0.757. The average Bonchev–Trinajstić information content (AvgIpc) is 2.44. The maximum Gasteiger partial charge on any atom is 0.258 e. The minimum atomic E-state index is -0.0315. The summed E-state index contributed by atoms with van der Waals surface area (Å²) < 4.78 is 0. The Morgan fingerprint density at radius 3 is 2.71 bits per heavy atom. The van der Waals surface area contributed by atoms with Crippen LogP contribution in [0.3, 0.4) is 0 Å². The van der Waals surface area contributed by atoms with Gasteiger partial charge in [-0.1, -0.05) is 26.0 Å². The lowest BCUT2D eigenvalue weighted by Crippen LogP contribution is -2.40. The number of rotatable bonds is 3. The van der Waals surface area contributed by atoms with Crippen LogP contribution in [0.25, 0.3) is 10.9 Å². The molecular formula is C17H23N3O. The third-order valence-corrected chi connectivity index (χ3v) is 4.27. The van der Waals surface area contributed by atoms with Crippen molar-refractivity contribution in [2.75, 3.05) is 19.6 Å². The van der Waals surface area contributed by atoms with Gasteiger partial charge in [-0.25, -0.2) is 4.98 Å². The van der Waals surface area contributed by atoms with Crippen molar-refractivity contribution in [3.63, 3.8) is 0 Å². The van der Waals surface area contributed by atoms with Crippen LogP contribution in [-0.2, 0) is 6.42 Å². The average molecular weight is 285 g/mol. The fourth-order valence-electron chi connectivity index (χ4n) is 3.49. The first-order valence-corrected chi connectivity index (χ1v) is 7.82. The molecule has 4 nitrogen and oxygen atoms in total. The lowest BCUT2D eigenvalue weighted by Gasteiger charge is -2.34. The maximum absolute atomic E-state index is 12.0. The van der Waals surface area contributed by atoms with E-state index < -0.39 is 0 Å². The van der Waals surface area contributed by atoms with Gasteiger partial charge in [0.05, 0.1) is 10.9 Å². The summed E-state index contributed by atoms with van der Waals surface area (Å²) in [4.78, 5) is 22.0. The van der Waals surface area contributed by atoms with E-state index in [9.17, 15) is 4.79 Å². The molecule has 1 aliphatic rings. The Balaban J connectivity index is 1.72. The summed E-state index contributed by atoms with van der Waals surface area (Å²) in [6, 6.07) is 7.51. The summed E-state index contributed by atoms with van der Waals surface area (Å²) >= 11 is 0. The van der Waals surface area contributed by atoms with Crippen LogP contribution in [0.1, 0.15) is 26.1 Å². The van der Waals surface area contributed by atoms with Crippen molar-refractivity contribution in [1.29, 1.82) is 0 Å². The largest absolute Gasteiger partial charge is 0.310 e. The molecule has 3 rings (SSSR count). The van der Waals surface area contributed by atoms with Crippen LogP contribution >= 0.6 is 0 Å². The maximum atomic E-state index is 12.0. The number of hydrogen-bond donors (Lipinski definition) is 1. The van der Waals surface area contributed by atoms with Crippen molar-refractivity contribution in [3.05, 3.63) is 40.4 Å². The zero-order valence-electron chi connectivity index (χ0n) is 12.8. The molecule has 0 radical (unpaired) electrons. The van der Waals surface area contributed by atoms with E-state index in [1.807, 2.05) is 24.3 Å². The molecular weight excluding hydrogens is 262 g/mol. The standard InChI is InChI=1S/C17H23N3O/c1-12-9-13(2)11-20(10-12)8-7-16-18-15-6-4-3-5-14(15)17(21)19-16/h3-6,12-13H,7-11H2,1-2H3,(H,18,19,21). The first-order valence-electron chi connectivity index (χ1n) is 7.82. The first-order chi connectivity index (χ1) is 10.1. The molecule has 4 heteroatoms. The molecule has 2 unspecified atom stereocenters. The summed E-state index contributed by atoms with van der Waals surface area (Å²) in [7, 11) is 0. The highest BCUT2D eigenvalue weighted by molar-refractivity contribution is 5.77. The van der Waals surface area contributed by atoms with E-state index in [2.05, 4.69) is 28.7 Å². The summed E-state index contributed by atoms with van der Waals surface area (Å²) in [6.45, 7) is 7.91. The molecule has 0 aliphatic carbocycles. The number of aromatic amines is 1. The van der Waals surface area contributed by atoms with Gasteiger partial charge in [0.25, 0.3) is 5.56 Å². The van der Waals surface area contributed by atoms with Crippen LogP contribution < -0.4 is 5.56 Å². The van der Waals surface area contributed by atoms with Gasteiger partial charge in [-0.05, 0) is 30.4 Å². The number of likely N-dealkylation sites (tertiary alicyclic amines) is 1. The number of piperidine rings is 1. The predicted octanol–water partition coefficient (Wildman–Crippen LogP) is 2.44. The van der Waals surface area contributed by atoms with Gasteiger partial charge in [-0.2, -0.15) is 0 Å². The minimum absolute atomic E-state index is 0.0315. The molecule has 0 bridgehead atoms. The Hall–Kier alpha value is -1.68. The van der Waals surface area contributed by atoms with Crippen molar-refractivity contribution in [1.82, 2.24) is 14.9 Å². The minimum Gasteiger partial charge on any atom is -0.310 e. The van der Waals surface area contributed by atoms with Crippen LogP contribution in [0.2, 0.25) is 0 Å². The SMILES string of the molecule is CC1CC(C)CN(CCc2nc3ccccc3c(=O)[nH]2)C1. The van der Waals surface area contributed by atoms with Gasteiger partial charge in [-0.3, -0.25) is 4.79 Å².